The van der Waals surface area contributed by atoms with E-state index < -0.39 is 0 Å². The predicted molar refractivity (Wildman–Crippen MR) is 48.8 cm³/mol. The molecule has 0 aliphatic carbocycles. The maximum absolute atomic E-state index is 11.3. The van der Waals surface area contributed by atoms with E-state index in [0.717, 1.165) is 13.1 Å². The molecule has 0 aromatic rings. The summed E-state index contributed by atoms with van der Waals surface area (Å²) >= 11 is 0. The van der Waals surface area contributed by atoms with E-state index in [0.29, 0.717) is 12.2 Å². The minimum atomic E-state index is 0.0844. The Morgan fingerprint density at radius 2 is 2.33 bits per heavy atom. The summed E-state index contributed by atoms with van der Waals surface area (Å²) in [7, 11) is 3.91. The lowest BCUT2D eigenvalue weighted by Gasteiger charge is -2.18. The average molecular weight is 168 g/mol. The zero-order valence-electron chi connectivity index (χ0n) is 7.71. The van der Waals surface area contributed by atoms with Crippen LogP contribution in [0.2, 0.25) is 0 Å². The first-order chi connectivity index (χ1) is 5.70. The summed E-state index contributed by atoms with van der Waals surface area (Å²) in [5.74, 6) is 0.438. The Bertz CT molecular complexity index is 187. The van der Waals surface area contributed by atoms with Gasteiger partial charge in [0.1, 0.15) is 5.78 Å². The third kappa shape index (κ3) is 2.66. The second-order valence-corrected chi connectivity index (χ2v) is 3.33. The number of carbonyl (C=O) groups excluding carboxylic acids is 1. The fraction of sp³-hybridized carbons (Fsp3) is 0.667. The molecule has 1 fully saturated rings. The molecule has 0 aromatic heterocycles. The van der Waals surface area contributed by atoms with Gasteiger partial charge in [0, 0.05) is 39.5 Å². The maximum atomic E-state index is 11.3. The minimum Gasteiger partial charge on any atom is -0.384 e. The summed E-state index contributed by atoms with van der Waals surface area (Å²) < 4.78 is 0. The first-order valence-electron chi connectivity index (χ1n) is 4.28. The summed E-state index contributed by atoms with van der Waals surface area (Å²) in [6.07, 6.45) is 4.58. The molecule has 12 heavy (non-hydrogen) atoms. The van der Waals surface area contributed by atoms with E-state index in [-0.39, 0.29) is 5.92 Å². The molecule has 1 N–H and O–H groups in total. The van der Waals surface area contributed by atoms with Gasteiger partial charge in [0.05, 0.1) is 0 Å². The molecule has 0 bridgehead atoms. The number of Topliss-reactive ketones (excluding diaryl/α,β-unsaturated/α-hetero) is 1. The van der Waals surface area contributed by atoms with Crippen molar-refractivity contribution in [2.75, 3.05) is 27.2 Å². The summed E-state index contributed by atoms with van der Waals surface area (Å²) in [4.78, 5) is 13.2. The summed E-state index contributed by atoms with van der Waals surface area (Å²) in [6.45, 7) is 1.63. The second kappa shape index (κ2) is 4.26. The molecule has 3 heteroatoms. The molecule has 1 aliphatic rings. The fourth-order valence-electron chi connectivity index (χ4n) is 1.22. The van der Waals surface area contributed by atoms with E-state index in [1.165, 1.54) is 0 Å². The Labute approximate surface area is 73.4 Å². The quantitative estimate of drug-likeness (QED) is 0.641. The highest BCUT2D eigenvalue weighted by Gasteiger charge is 2.18. The van der Waals surface area contributed by atoms with Crippen LogP contribution in [0.15, 0.2) is 12.3 Å². The van der Waals surface area contributed by atoms with Crippen LogP contribution < -0.4 is 5.32 Å². The fourth-order valence-corrected chi connectivity index (χ4v) is 1.22. The summed E-state index contributed by atoms with van der Waals surface area (Å²) in [5, 5.41) is 3.20. The smallest absolute Gasteiger partial charge is 0.142 e. The number of hydrogen-bond acceptors (Lipinski definition) is 3. The molecule has 1 saturated heterocycles. The third-order valence-electron chi connectivity index (χ3n) is 1.94. The predicted octanol–water partition coefficient (Wildman–Crippen LogP) is 0.240. The van der Waals surface area contributed by atoms with E-state index in [1.807, 2.05) is 31.3 Å². The number of hydrogen-bond donors (Lipinski definition) is 1. The van der Waals surface area contributed by atoms with Gasteiger partial charge in [-0.15, -0.1) is 0 Å². The largest absolute Gasteiger partial charge is 0.384 e. The van der Waals surface area contributed by atoms with Crippen LogP contribution in [0, 0.1) is 5.92 Å². The molecule has 1 heterocycles. The van der Waals surface area contributed by atoms with Crippen molar-refractivity contribution in [2.45, 2.75) is 6.42 Å². The van der Waals surface area contributed by atoms with E-state index in [9.17, 15) is 4.79 Å². The third-order valence-corrected chi connectivity index (χ3v) is 1.94. The van der Waals surface area contributed by atoms with Crippen molar-refractivity contribution in [3.05, 3.63) is 12.3 Å². The Balaban J connectivity index is 2.44. The Morgan fingerprint density at radius 3 is 2.92 bits per heavy atom. The van der Waals surface area contributed by atoms with E-state index in [1.54, 1.807) is 0 Å². The van der Waals surface area contributed by atoms with Crippen LogP contribution in [0.25, 0.3) is 0 Å². The minimum absolute atomic E-state index is 0.0844. The molecular weight excluding hydrogens is 152 g/mol. The molecule has 0 saturated carbocycles. The highest BCUT2D eigenvalue weighted by Crippen LogP contribution is 2.06. The highest BCUT2D eigenvalue weighted by molar-refractivity contribution is 5.83. The van der Waals surface area contributed by atoms with Gasteiger partial charge in [-0.3, -0.25) is 4.79 Å². The molecule has 1 aliphatic heterocycles. The van der Waals surface area contributed by atoms with Crippen LogP contribution in [0.3, 0.4) is 0 Å². The van der Waals surface area contributed by atoms with Crippen molar-refractivity contribution >= 4 is 5.78 Å². The van der Waals surface area contributed by atoms with Gasteiger partial charge < -0.3 is 10.2 Å². The summed E-state index contributed by atoms with van der Waals surface area (Å²) in [5.41, 5.74) is 0. The lowest BCUT2D eigenvalue weighted by Crippen LogP contribution is -2.35. The molecule has 0 spiro atoms. The van der Waals surface area contributed by atoms with Crippen LogP contribution in [-0.2, 0) is 4.79 Å². The average Bonchev–Trinajstić information content (AvgIpc) is 2.03. The Hall–Kier alpha value is -0.830. The lowest BCUT2D eigenvalue weighted by molar-refractivity contribution is -0.122. The molecule has 0 amide bonds. The number of carbonyl (C=O) groups is 1. The zero-order valence-corrected chi connectivity index (χ0v) is 7.71. The van der Waals surface area contributed by atoms with Gasteiger partial charge in [-0.2, -0.15) is 0 Å². The monoisotopic (exact) mass is 168 g/mol. The number of nitrogens with one attached hydrogen (secondary N) is 1. The number of nitrogens with zero attached hydrogens (tertiary/aromatic N) is 1. The van der Waals surface area contributed by atoms with Crippen molar-refractivity contribution in [3.8, 4) is 0 Å². The van der Waals surface area contributed by atoms with Gasteiger partial charge in [-0.25, -0.2) is 0 Å². The van der Waals surface area contributed by atoms with Crippen molar-refractivity contribution in [1.82, 2.24) is 10.2 Å². The van der Waals surface area contributed by atoms with Crippen molar-refractivity contribution < 1.29 is 4.79 Å². The molecular formula is C9H16N2O. The molecule has 0 radical (unpaired) electrons. The molecule has 1 rings (SSSR count). The van der Waals surface area contributed by atoms with Gasteiger partial charge in [0.2, 0.25) is 0 Å². The van der Waals surface area contributed by atoms with Gasteiger partial charge in [0.15, 0.2) is 0 Å². The van der Waals surface area contributed by atoms with Crippen molar-refractivity contribution in [3.63, 3.8) is 0 Å². The first-order valence-corrected chi connectivity index (χ1v) is 4.28. The molecule has 0 aromatic carbocycles. The van der Waals surface area contributed by atoms with Gasteiger partial charge in [0.25, 0.3) is 0 Å². The lowest BCUT2D eigenvalue weighted by atomic mass is 9.98. The van der Waals surface area contributed by atoms with Crippen molar-refractivity contribution in [2.24, 2.45) is 5.92 Å². The topological polar surface area (TPSA) is 32.3 Å². The van der Waals surface area contributed by atoms with Gasteiger partial charge in [-0.05, 0) is 6.20 Å². The van der Waals surface area contributed by atoms with Gasteiger partial charge >= 0.3 is 0 Å². The maximum Gasteiger partial charge on any atom is 0.142 e. The normalized spacial score (nSPS) is 24.8. The molecule has 1 atom stereocenters. The van der Waals surface area contributed by atoms with Gasteiger partial charge in [-0.1, -0.05) is 6.08 Å². The standard InChI is InChI=1S/C9H16N2O/c1-11(2)6-4-8-7-10-5-3-9(8)12/h4,6,8,10H,3,5,7H2,1-2H3. The Morgan fingerprint density at radius 1 is 1.58 bits per heavy atom. The van der Waals surface area contributed by atoms with Crippen LogP contribution >= 0.6 is 0 Å². The van der Waals surface area contributed by atoms with Crippen LogP contribution in [0.1, 0.15) is 6.42 Å². The first kappa shape index (κ1) is 9.26. The highest BCUT2D eigenvalue weighted by atomic mass is 16.1. The van der Waals surface area contributed by atoms with E-state index >= 15 is 0 Å². The second-order valence-electron chi connectivity index (χ2n) is 3.33. The SMILES string of the molecule is CN(C)C=CC1CNCCC1=O. The van der Waals surface area contributed by atoms with Crippen molar-refractivity contribution in [1.29, 1.82) is 0 Å². The Kier molecular flexibility index (Phi) is 3.29. The number of ketones is 1. The molecule has 3 nitrogen and oxygen atoms in total. The molecule has 1 unspecified atom stereocenters. The summed E-state index contributed by atoms with van der Waals surface area (Å²) in [6, 6.07) is 0. The number of piperidine rings is 1. The van der Waals surface area contributed by atoms with E-state index in [2.05, 4.69) is 5.32 Å². The zero-order chi connectivity index (χ0) is 8.97. The van der Waals surface area contributed by atoms with Crippen LogP contribution in [0.5, 0.6) is 0 Å². The molecule has 68 valence electrons. The van der Waals surface area contributed by atoms with Crippen LogP contribution in [-0.4, -0.2) is 37.9 Å². The van der Waals surface area contributed by atoms with E-state index in [4.69, 9.17) is 0 Å². The number of rotatable bonds is 2. The van der Waals surface area contributed by atoms with Crippen LogP contribution in [0.4, 0.5) is 0 Å².